The van der Waals surface area contributed by atoms with Gasteiger partial charge in [0.25, 0.3) is 10.0 Å². The van der Waals surface area contributed by atoms with Crippen molar-refractivity contribution in [1.82, 2.24) is 4.31 Å². The zero-order valence-corrected chi connectivity index (χ0v) is 16.5. The summed E-state index contributed by atoms with van der Waals surface area (Å²) in [6, 6.07) is 9.43. The second-order valence-corrected chi connectivity index (χ2v) is 9.94. The van der Waals surface area contributed by atoms with Gasteiger partial charge in [0.05, 0.1) is 15.5 Å². The fourth-order valence-corrected chi connectivity index (χ4v) is 4.66. The molecule has 2 aromatic carbocycles. The molecule has 136 valence electrons. The first-order valence-electron chi connectivity index (χ1n) is 7.58. The maximum absolute atomic E-state index is 12.7. The highest BCUT2D eigenvalue weighted by Gasteiger charge is 2.21. The first-order chi connectivity index (χ1) is 11.4. The topological polar surface area (TPSA) is 83.5 Å². The Morgan fingerprint density at radius 3 is 2.04 bits per heavy atom. The number of hydrogen-bond acceptors (Lipinski definition) is 4. The number of sulfonamides is 2. The molecule has 1 N–H and O–H groups in total. The van der Waals surface area contributed by atoms with E-state index in [-0.39, 0.29) is 15.5 Å². The van der Waals surface area contributed by atoms with Crippen molar-refractivity contribution in [3.05, 3.63) is 53.1 Å². The summed E-state index contributed by atoms with van der Waals surface area (Å²) < 4.78 is 53.5. The van der Waals surface area contributed by atoms with E-state index in [0.717, 1.165) is 9.87 Å². The molecule has 25 heavy (non-hydrogen) atoms. The van der Waals surface area contributed by atoms with Crippen molar-refractivity contribution in [2.75, 3.05) is 18.8 Å². The molecule has 0 radical (unpaired) electrons. The van der Waals surface area contributed by atoms with Crippen LogP contribution in [0.4, 0.5) is 5.69 Å². The second kappa shape index (κ2) is 6.78. The van der Waals surface area contributed by atoms with Crippen LogP contribution in [0, 0.1) is 20.8 Å². The molecule has 0 bridgehead atoms. The lowest BCUT2D eigenvalue weighted by Gasteiger charge is -2.16. The lowest BCUT2D eigenvalue weighted by Crippen LogP contribution is -2.22. The van der Waals surface area contributed by atoms with Crippen LogP contribution in [0.5, 0.6) is 0 Å². The highest BCUT2D eigenvalue weighted by Crippen LogP contribution is 2.26. The van der Waals surface area contributed by atoms with Gasteiger partial charge < -0.3 is 0 Å². The SMILES string of the molecule is Cc1ccc(S(=O)(=O)Nc2cc(S(=O)(=O)N(C)C)ccc2C)c(C)c1. The predicted octanol–water partition coefficient (Wildman–Crippen LogP) is 2.66. The van der Waals surface area contributed by atoms with Gasteiger partial charge in [-0.2, -0.15) is 0 Å². The Labute approximate surface area is 149 Å². The van der Waals surface area contributed by atoms with Gasteiger partial charge in [-0.3, -0.25) is 4.72 Å². The Morgan fingerprint density at radius 2 is 1.48 bits per heavy atom. The van der Waals surface area contributed by atoms with Gasteiger partial charge in [0.1, 0.15) is 0 Å². The number of aryl methyl sites for hydroxylation is 3. The van der Waals surface area contributed by atoms with Crippen molar-refractivity contribution in [1.29, 1.82) is 0 Å². The number of rotatable bonds is 5. The molecule has 2 aromatic rings. The number of benzene rings is 2. The van der Waals surface area contributed by atoms with Gasteiger partial charge in [0.15, 0.2) is 0 Å². The molecule has 0 spiro atoms. The van der Waals surface area contributed by atoms with Crippen LogP contribution >= 0.6 is 0 Å². The Kier molecular flexibility index (Phi) is 5.27. The van der Waals surface area contributed by atoms with Crippen LogP contribution < -0.4 is 4.72 Å². The summed E-state index contributed by atoms with van der Waals surface area (Å²) >= 11 is 0. The average Bonchev–Trinajstić information content (AvgIpc) is 2.48. The van der Waals surface area contributed by atoms with E-state index in [1.54, 1.807) is 38.1 Å². The molecule has 0 aliphatic carbocycles. The molecule has 0 atom stereocenters. The monoisotopic (exact) mass is 382 g/mol. The molecule has 0 heterocycles. The van der Waals surface area contributed by atoms with Gasteiger partial charge >= 0.3 is 0 Å². The lowest BCUT2D eigenvalue weighted by atomic mass is 10.2. The van der Waals surface area contributed by atoms with Gasteiger partial charge in [-0.1, -0.05) is 23.8 Å². The van der Waals surface area contributed by atoms with Crippen molar-refractivity contribution in [3.63, 3.8) is 0 Å². The van der Waals surface area contributed by atoms with Gasteiger partial charge in [0, 0.05) is 14.1 Å². The third-order valence-corrected chi connectivity index (χ3v) is 7.19. The molecule has 2 rings (SSSR count). The van der Waals surface area contributed by atoms with Crippen LogP contribution in [0.2, 0.25) is 0 Å². The molecule has 0 fully saturated rings. The van der Waals surface area contributed by atoms with E-state index in [0.29, 0.717) is 11.1 Å². The Bertz CT molecular complexity index is 1010. The van der Waals surface area contributed by atoms with E-state index in [1.807, 2.05) is 6.92 Å². The Morgan fingerprint density at radius 1 is 0.840 bits per heavy atom. The predicted molar refractivity (Wildman–Crippen MR) is 98.8 cm³/mol. The van der Waals surface area contributed by atoms with Crippen molar-refractivity contribution in [2.45, 2.75) is 30.6 Å². The average molecular weight is 383 g/mol. The maximum Gasteiger partial charge on any atom is 0.262 e. The number of nitrogens with zero attached hydrogens (tertiary/aromatic N) is 1. The van der Waals surface area contributed by atoms with Gasteiger partial charge in [-0.05, 0) is 50.1 Å². The summed E-state index contributed by atoms with van der Waals surface area (Å²) in [5.41, 5.74) is 2.46. The molecule has 0 saturated heterocycles. The molecular formula is C17H22N2O4S2. The van der Waals surface area contributed by atoms with E-state index in [2.05, 4.69) is 4.72 Å². The summed E-state index contributed by atoms with van der Waals surface area (Å²) in [5, 5.41) is 0. The quantitative estimate of drug-likeness (QED) is 0.862. The zero-order valence-electron chi connectivity index (χ0n) is 14.9. The zero-order chi connectivity index (χ0) is 19.0. The Balaban J connectivity index is 2.49. The summed E-state index contributed by atoms with van der Waals surface area (Å²) in [6.07, 6.45) is 0. The van der Waals surface area contributed by atoms with E-state index >= 15 is 0 Å². The van der Waals surface area contributed by atoms with Crippen molar-refractivity contribution >= 4 is 25.7 Å². The van der Waals surface area contributed by atoms with Crippen LogP contribution in [0.1, 0.15) is 16.7 Å². The highest BCUT2D eigenvalue weighted by molar-refractivity contribution is 7.92. The molecule has 0 amide bonds. The standard InChI is InChI=1S/C17H22N2O4S2/c1-12-6-9-17(14(3)10-12)24(20,21)18-16-11-15(8-7-13(16)2)25(22,23)19(4)5/h6-11,18H,1-5H3. The summed E-state index contributed by atoms with van der Waals surface area (Å²) in [7, 11) is -4.63. The van der Waals surface area contributed by atoms with E-state index < -0.39 is 20.0 Å². The van der Waals surface area contributed by atoms with E-state index in [9.17, 15) is 16.8 Å². The summed E-state index contributed by atoms with van der Waals surface area (Å²) in [6.45, 7) is 5.32. The second-order valence-electron chi connectivity index (χ2n) is 6.14. The first-order valence-corrected chi connectivity index (χ1v) is 10.5. The third kappa shape index (κ3) is 4.02. The molecule has 0 aromatic heterocycles. The molecule has 8 heteroatoms. The van der Waals surface area contributed by atoms with Crippen molar-refractivity contribution < 1.29 is 16.8 Å². The van der Waals surface area contributed by atoms with Crippen LogP contribution in [-0.2, 0) is 20.0 Å². The first kappa shape index (κ1) is 19.4. The van der Waals surface area contributed by atoms with Crippen LogP contribution in [0.15, 0.2) is 46.2 Å². The lowest BCUT2D eigenvalue weighted by molar-refractivity contribution is 0.520. The summed E-state index contributed by atoms with van der Waals surface area (Å²) in [5.74, 6) is 0. The highest BCUT2D eigenvalue weighted by atomic mass is 32.2. The van der Waals surface area contributed by atoms with Crippen molar-refractivity contribution in [3.8, 4) is 0 Å². The minimum absolute atomic E-state index is 0.0291. The fraction of sp³-hybridized carbons (Fsp3) is 0.294. The molecule has 0 aliphatic rings. The fourth-order valence-electron chi connectivity index (χ4n) is 2.38. The molecule has 6 nitrogen and oxygen atoms in total. The molecular weight excluding hydrogens is 360 g/mol. The Hall–Kier alpha value is -1.90. The minimum atomic E-state index is -3.82. The normalized spacial score (nSPS) is 12.4. The van der Waals surface area contributed by atoms with E-state index in [1.165, 1.54) is 26.2 Å². The third-order valence-electron chi connectivity index (χ3n) is 3.85. The largest absolute Gasteiger partial charge is 0.279 e. The minimum Gasteiger partial charge on any atom is -0.279 e. The number of nitrogens with one attached hydrogen (secondary N) is 1. The van der Waals surface area contributed by atoms with Crippen LogP contribution in [-0.4, -0.2) is 35.2 Å². The number of hydrogen-bond donors (Lipinski definition) is 1. The smallest absolute Gasteiger partial charge is 0.262 e. The van der Waals surface area contributed by atoms with E-state index in [4.69, 9.17) is 0 Å². The molecule has 0 aliphatic heterocycles. The summed E-state index contributed by atoms with van der Waals surface area (Å²) in [4.78, 5) is 0.194. The van der Waals surface area contributed by atoms with Gasteiger partial charge in [-0.15, -0.1) is 0 Å². The van der Waals surface area contributed by atoms with Gasteiger partial charge in [-0.25, -0.2) is 21.1 Å². The van der Waals surface area contributed by atoms with Crippen LogP contribution in [0.25, 0.3) is 0 Å². The van der Waals surface area contributed by atoms with Crippen LogP contribution in [0.3, 0.4) is 0 Å². The molecule has 0 unspecified atom stereocenters. The van der Waals surface area contributed by atoms with Gasteiger partial charge in [0.2, 0.25) is 10.0 Å². The van der Waals surface area contributed by atoms with Crippen molar-refractivity contribution in [2.24, 2.45) is 0 Å². The number of anilines is 1. The maximum atomic E-state index is 12.7. The molecule has 0 saturated carbocycles.